The van der Waals surface area contributed by atoms with E-state index in [1.165, 1.54) is 10.9 Å². The SMILES string of the molecule is CC(O)C(N)CNc1cnn(CCN(C)C)c(=O)c1Cl. The van der Waals surface area contributed by atoms with Crippen LogP contribution < -0.4 is 16.6 Å². The fourth-order valence-corrected chi connectivity index (χ4v) is 1.65. The quantitative estimate of drug-likeness (QED) is 0.633. The average molecular weight is 304 g/mol. The Hall–Kier alpha value is -1.15. The second-order valence-electron chi connectivity index (χ2n) is 4.99. The summed E-state index contributed by atoms with van der Waals surface area (Å²) < 4.78 is 1.32. The molecule has 0 aliphatic heterocycles. The highest BCUT2D eigenvalue weighted by Crippen LogP contribution is 2.15. The van der Waals surface area contributed by atoms with Crippen molar-refractivity contribution in [1.29, 1.82) is 0 Å². The van der Waals surface area contributed by atoms with Gasteiger partial charge in [0, 0.05) is 19.1 Å². The zero-order valence-corrected chi connectivity index (χ0v) is 12.8. The number of nitrogens with one attached hydrogen (secondary N) is 1. The van der Waals surface area contributed by atoms with E-state index in [-0.39, 0.29) is 10.6 Å². The van der Waals surface area contributed by atoms with E-state index in [2.05, 4.69) is 10.4 Å². The lowest BCUT2D eigenvalue weighted by molar-refractivity contribution is 0.168. The molecule has 0 radical (unpaired) electrons. The molecule has 0 spiro atoms. The molecule has 8 heteroatoms. The van der Waals surface area contributed by atoms with Gasteiger partial charge in [0.1, 0.15) is 5.02 Å². The predicted octanol–water partition coefficient (Wildman–Crippen LogP) is -0.422. The summed E-state index contributed by atoms with van der Waals surface area (Å²) in [6.07, 6.45) is 0.850. The topological polar surface area (TPSA) is 96.4 Å². The number of likely N-dealkylation sites (N-methyl/N-ethyl adjacent to an activating group) is 1. The van der Waals surface area contributed by atoms with Gasteiger partial charge in [-0.1, -0.05) is 11.6 Å². The van der Waals surface area contributed by atoms with E-state index in [0.29, 0.717) is 25.3 Å². The minimum atomic E-state index is -0.644. The number of rotatable bonds is 7. The fourth-order valence-electron chi connectivity index (χ4n) is 1.44. The van der Waals surface area contributed by atoms with Gasteiger partial charge < -0.3 is 21.1 Å². The highest BCUT2D eigenvalue weighted by atomic mass is 35.5. The first kappa shape index (κ1) is 16.9. The number of aliphatic hydroxyl groups excluding tert-OH is 1. The summed E-state index contributed by atoms with van der Waals surface area (Å²) in [4.78, 5) is 14.0. The van der Waals surface area contributed by atoms with E-state index in [4.69, 9.17) is 17.3 Å². The third-order valence-electron chi connectivity index (χ3n) is 2.89. The van der Waals surface area contributed by atoms with E-state index < -0.39 is 12.1 Å². The first-order valence-electron chi connectivity index (χ1n) is 6.40. The van der Waals surface area contributed by atoms with Crippen molar-refractivity contribution >= 4 is 17.3 Å². The van der Waals surface area contributed by atoms with Crippen LogP contribution in [0.5, 0.6) is 0 Å². The van der Waals surface area contributed by atoms with E-state index in [0.717, 1.165) is 0 Å². The van der Waals surface area contributed by atoms with Crippen LogP contribution in [0.2, 0.25) is 5.02 Å². The minimum Gasteiger partial charge on any atom is -0.392 e. The number of hydrogen-bond donors (Lipinski definition) is 3. The molecule has 0 saturated carbocycles. The number of aliphatic hydroxyl groups is 1. The molecule has 0 bridgehead atoms. The number of nitrogens with zero attached hydrogens (tertiary/aromatic N) is 3. The molecule has 0 fully saturated rings. The van der Waals surface area contributed by atoms with E-state index in [9.17, 15) is 9.90 Å². The molecule has 1 rings (SSSR count). The predicted molar refractivity (Wildman–Crippen MR) is 80.2 cm³/mol. The molecule has 20 heavy (non-hydrogen) atoms. The number of halogens is 1. The molecule has 0 aromatic carbocycles. The summed E-state index contributed by atoms with van der Waals surface area (Å²) in [5.41, 5.74) is 5.78. The van der Waals surface area contributed by atoms with Crippen LogP contribution in [0.1, 0.15) is 6.92 Å². The molecule has 4 N–H and O–H groups in total. The molecule has 7 nitrogen and oxygen atoms in total. The lowest BCUT2D eigenvalue weighted by Crippen LogP contribution is -2.39. The van der Waals surface area contributed by atoms with Gasteiger partial charge in [0.25, 0.3) is 5.56 Å². The Morgan fingerprint density at radius 1 is 1.60 bits per heavy atom. The number of aromatic nitrogens is 2. The fraction of sp³-hybridized carbons (Fsp3) is 0.667. The average Bonchev–Trinajstić information content (AvgIpc) is 2.38. The molecular weight excluding hydrogens is 282 g/mol. The second-order valence-corrected chi connectivity index (χ2v) is 5.37. The van der Waals surface area contributed by atoms with Crippen LogP contribution >= 0.6 is 11.6 Å². The molecule has 0 aliphatic carbocycles. The molecule has 0 aliphatic rings. The van der Waals surface area contributed by atoms with Crippen LogP contribution in [0, 0.1) is 0 Å². The summed E-state index contributed by atoms with van der Waals surface area (Å²) in [6.45, 7) is 3.08. The van der Waals surface area contributed by atoms with Crippen molar-refractivity contribution in [2.24, 2.45) is 5.73 Å². The smallest absolute Gasteiger partial charge is 0.287 e. The van der Waals surface area contributed by atoms with E-state index >= 15 is 0 Å². The zero-order valence-electron chi connectivity index (χ0n) is 12.0. The maximum absolute atomic E-state index is 12.0. The molecule has 2 unspecified atom stereocenters. The Bertz CT molecular complexity index is 489. The molecule has 1 heterocycles. The first-order valence-corrected chi connectivity index (χ1v) is 6.78. The third-order valence-corrected chi connectivity index (χ3v) is 3.26. The van der Waals surface area contributed by atoms with Gasteiger partial charge in [-0.3, -0.25) is 4.79 Å². The standard InChI is InChI=1S/C12H22ClN5O2/c1-8(19)9(14)6-15-10-7-16-18(5-4-17(2)3)12(20)11(10)13/h7-9,15,19H,4-6,14H2,1-3H3. The molecule has 0 amide bonds. The summed E-state index contributed by atoms with van der Waals surface area (Å²) >= 11 is 6.02. The number of nitrogens with two attached hydrogens (primary N) is 1. The van der Waals surface area contributed by atoms with Crippen LogP contribution in [0.15, 0.2) is 11.0 Å². The maximum atomic E-state index is 12.0. The second kappa shape index (κ2) is 7.58. The Labute approximate surface area is 123 Å². The summed E-state index contributed by atoms with van der Waals surface area (Å²) in [6, 6.07) is -0.442. The third kappa shape index (κ3) is 4.75. The number of anilines is 1. The number of hydrogen-bond acceptors (Lipinski definition) is 6. The van der Waals surface area contributed by atoms with Crippen LogP contribution in [-0.2, 0) is 6.54 Å². The van der Waals surface area contributed by atoms with Gasteiger partial charge in [-0.2, -0.15) is 5.10 Å². The van der Waals surface area contributed by atoms with Crippen LogP contribution in [0.4, 0.5) is 5.69 Å². The zero-order chi connectivity index (χ0) is 15.3. The van der Waals surface area contributed by atoms with E-state index in [1.54, 1.807) is 6.92 Å². The van der Waals surface area contributed by atoms with Gasteiger partial charge in [-0.15, -0.1) is 0 Å². The highest BCUT2D eigenvalue weighted by Gasteiger charge is 2.12. The molecule has 1 aromatic heterocycles. The first-order chi connectivity index (χ1) is 9.32. The molecular formula is C12H22ClN5O2. The minimum absolute atomic E-state index is 0.0801. The van der Waals surface area contributed by atoms with Crippen LogP contribution in [0.3, 0.4) is 0 Å². The lowest BCUT2D eigenvalue weighted by atomic mass is 10.2. The summed E-state index contributed by atoms with van der Waals surface area (Å²) in [7, 11) is 3.83. The Morgan fingerprint density at radius 3 is 2.80 bits per heavy atom. The Kier molecular flexibility index (Phi) is 6.41. The van der Waals surface area contributed by atoms with Crippen molar-refractivity contribution in [3.05, 3.63) is 21.6 Å². The molecule has 2 atom stereocenters. The highest BCUT2D eigenvalue weighted by molar-refractivity contribution is 6.32. The van der Waals surface area contributed by atoms with Crippen molar-refractivity contribution in [2.75, 3.05) is 32.5 Å². The van der Waals surface area contributed by atoms with Gasteiger partial charge in [-0.25, -0.2) is 4.68 Å². The molecule has 114 valence electrons. The van der Waals surface area contributed by atoms with Gasteiger partial charge in [0.2, 0.25) is 0 Å². The molecule has 1 aromatic rings. The molecule has 0 saturated heterocycles. The van der Waals surface area contributed by atoms with Crippen molar-refractivity contribution < 1.29 is 5.11 Å². The summed E-state index contributed by atoms with van der Waals surface area (Å²) in [5, 5.41) is 16.4. The van der Waals surface area contributed by atoms with E-state index in [1.807, 2.05) is 19.0 Å². The van der Waals surface area contributed by atoms with Crippen molar-refractivity contribution in [1.82, 2.24) is 14.7 Å². The van der Waals surface area contributed by atoms with Crippen LogP contribution in [-0.4, -0.2) is 59.1 Å². The Balaban J connectivity index is 2.76. The van der Waals surface area contributed by atoms with Crippen LogP contribution in [0.25, 0.3) is 0 Å². The van der Waals surface area contributed by atoms with Crippen molar-refractivity contribution in [3.8, 4) is 0 Å². The van der Waals surface area contributed by atoms with Crippen molar-refractivity contribution in [2.45, 2.75) is 25.6 Å². The van der Waals surface area contributed by atoms with Gasteiger partial charge in [0.05, 0.1) is 24.5 Å². The normalized spacial score (nSPS) is 14.3. The largest absolute Gasteiger partial charge is 0.392 e. The van der Waals surface area contributed by atoms with Crippen molar-refractivity contribution in [3.63, 3.8) is 0 Å². The van der Waals surface area contributed by atoms with Gasteiger partial charge in [-0.05, 0) is 21.0 Å². The monoisotopic (exact) mass is 303 g/mol. The van der Waals surface area contributed by atoms with Gasteiger partial charge >= 0.3 is 0 Å². The lowest BCUT2D eigenvalue weighted by Gasteiger charge is -2.17. The maximum Gasteiger partial charge on any atom is 0.287 e. The van der Waals surface area contributed by atoms with Gasteiger partial charge in [0.15, 0.2) is 0 Å². The summed E-state index contributed by atoms with van der Waals surface area (Å²) in [5.74, 6) is 0. The Morgan fingerprint density at radius 2 is 2.25 bits per heavy atom.